The third-order valence-corrected chi connectivity index (χ3v) is 3.28. The van der Waals surface area contributed by atoms with Gasteiger partial charge in [0.25, 0.3) is 0 Å². The molecule has 1 aliphatic rings. The lowest BCUT2D eigenvalue weighted by atomic mass is 9.64. The summed E-state index contributed by atoms with van der Waals surface area (Å²) < 4.78 is 11.0. The van der Waals surface area contributed by atoms with Crippen molar-refractivity contribution in [2.24, 2.45) is 5.41 Å². The van der Waals surface area contributed by atoms with Crippen molar-refractivity contribution in [2.45, 2.75) is 39.3 Å². The van der Waals surface area contributed by atoms with E-state index in [0.717, 1.165) is 19.6 Å². The second-order valence-electron chi connectivity index (χ2n) is 4.45. The molecule has 0 spiro atoms. The van der Waals surface area contributed by atoms with Crippen molar-refractivity contribution in [2.75, 3.05) is 26.9 Å². The first-order valence-corrected chi connectivity index (χ1v) is 5.49. The highest BCUT2D eigenvalue weighted by atomic mass is 16.5. The van der Waals surface area contributed by atoms with Gasteiger partial charge in [0.1, 0.15) is 0 Å². The Morgan fingerprint density at radius 3 is 2.57 bits per heavy atom. The van der Waals surface area contributed by atoms with Crippen LogP contribution in [0.2, 0.25) is 0 Å². The zero-order chi connectivity index (χ0) is 10.6. The Bertz CT molecular complexity index is 171. The van der Waals surface area contributed by atoms with Gasteiger partial charge in [0, 0.05) is 18.1 Å². The summed E-state index contributed by atoms with van der Waals surface area (Å²) in [6.07, 6.45) is 1.51. The predicted octanol–water partition coefficient (Wildman–Crippen LogP) is 1.43. The van der Waals surface area contributed by atoms with Crippen molar-refractivity contribution in [1.29, 1.82) is 0 Å². The second-order valence-corrected chi connectivity index (χ2v) is 4.45. The van der Waals surface area contributed by atoms with E-state index in [4.69, 9.17) is 9.47 Å². The molecule has 3 nitrogen and oxygen atoms in total. The van der Waals surface area contributed by atoms with E-state index in [1.165, 1.54) is 0 Å². The fourth-order valence-electron chi connectivity index (χ4n) is 2.05. The normalized spacial score (nSPS) is 30.0. The summed E-state index contributed by atoms with van der Waals surface area (Å²) in [6.45, 7) is 8.72. The molecule has 84 valence electrons. The zero-order valence-corrected chi connectivity index (χ0v) is 9.80. The summed E-state index contributed by atoms with van der Waals surface area (Å²) in [5, 5.41) is 3.31. The molecule has 0 radical (unpaired) electrons. The largest absolute Gasteiger partial charge is 0.379 e. The quantitative estimate of drug-likeness (QED) is 0.659. The molecule has 0 amide bonds. The maximum atomic E-state index is 5.76. The summed E-state index contributed by atoms with van der Waals surface area (Å²) in [4.78, 5) is 0. The first-order chi connectivity index (χ1) is 6.62. The minimum atomic E-state index is 0.265. The van der Waals surface area contributed by atoms with Crippen LogP contribution in [0.4, 0.5) is 0 Å². The first kappa shape index (κ1) is 12.0. The van der Waals surface area contributed by atoms with Crippen LogP contribution < -0.4 is 5.32 Å². The zero-order valence-electron chi connectivity index (χ0n) is 9.80. The monoisotopic (exact) mass is 201 g/mol. The van der Waals surface area contributed by atoms with Crippen molar-refractivity contribution in [3.05, 3.63) is 0 Å². The lowest BCUT2D eigenvalue weighted by Crippen LogP contribution is -2.60. The van der Waals surface area contributed by atoms with Crippen LogP contribution in [0.3, 0.4) is 0 Å². The Morgan fingerprint density at radius 2 is 2.07 bits per heavy atom. The highest BCUT2D eigenvalue weighted by molar-refractivity contribution is 5.02. The van der Waals surface area contributed by atoms with Crippen LogP contribution in [0.15, 0.2) is 0 Å². The van der Waals surface area contributed by atoms with Gasteiger partial charge < -0.3 is 14.8 Å². The summed E-state index contributed by atoms with van der Waals surface area (Å²) >= 11 is 0. The second kappa shape index (κ2) is 5.10. The molecule has 1 aliphatic carbocycles. The molecule has 0 aromatic carbocycles. The van der Waals surface area contributed by atoms with E-state index in [1.807, 2.05) is 14.0 Å². The van der Waals surface area contributed by atoms with Crippen LogP contribution in [-0.2, 0) is 9.47 Å². The van der Waals surface area contributed by atoms with Crippen LogP contribution in [0.5, 0.6) is 0 Å². The first-order valence-electron chi connectivity index (χ1n) is 5.49. The van der Waals surface area contributed by atoms with Gasteiger partial charge in [0.05, 0.1) is 19.3 Å². The van der Waals surface area contributed by atoms with Crippen molar-refractivity contribution in [3.63, 3.8) is 0 Å². The van der Waals surface area contributed by atoms with E-state index in [1.54, 1.807) is 0 Å². The Kier molecular flexibility index (Phi) is 4.35. The number of nitrogens with one attached hydrogen (secondary N) is 1. The Morgan fingerprint density at radius 1 is 1.36 bits per heavy atom. The molecule has 0 bridgehead atoms. The van der Waals surface area contributed by atoms with Gasteiger partial charge in [-0.05, 0) is 20.4 Å². The molecule has 3 heteroatoms. The maximum absolute atomic E-state index is 5.76. The van der Waals surface area contributed by atoms with E-state index in [-0.39, 0.29) is 5.41 Å². The average molecular weight is 201 g/mol. The van der Waals surface area contributed by atoms with Gasteiger partial charge in [-0.2, -0.15) is 0 Å². The van der Waals surface area contributed by atoms with Crippen molar-refractivity contribution in [1.82, 2.24) is 5.32 Å². The van der Waals surface area contributed by atoms with Crippen LogP contribution in [0, 0.1) is 5.41 Å². The molecule has 2 unspecified atom stereocenters. The summed E-state index contributed by atoms with van der Waals surface area (Å²) in [6, 6.07) is 0.597. The molecular weight excluding hydrogens is 178 g/mol. The van der Waals surface area contributed by atoms with Gasteiger partial charge in [-0.1, -0.05) is 13.8 Å². The molecular formula is C11H23NO2. The van der Waals surface area contributed by atoms with Gasteiger partial charge in [-0.3, -0.25) is 0 Å². The summed E-state index contributed by atoms with van der Waals surface area (Å²) in [5.41, 5.74) is 0.265. The van der Waals surface area contributed by atoms with Gasteiger partial charge in [0.2, 0.25) is 0 Å². The number of hydrogen-bond acceptors (Lipinski definition) is 3. The lowest BCUT2D eigenvalue weighted by Gasteiger charge is -2.51. The topological polar surface area (TPSA) is 30.5 Å². The van der Waals surface area contributed by atoms with Crippen LogP contribution in [-0.4, -0.2) is 39.0 Å². The molecule has 0 heterocycles. The molecule has 1 rings (SSSR count). The van der Waals surface area contributed by atoms with Gasteiger partial charge in [-0.15, -0.1) is 0 Å². The molecule has 1 N–H and O–H groups in total. The Balaban J connectivity index is 2.15. The molecule has 14 heavy (non-hydrogen) atoms. The van der Waals surface area contributed by atoms with Crippen LogP contribution in [0.25, 0.3) is 0 Å². The number of ether oxygens (including phenoxy) is 2. The molecule has 0 aromatic rings. The SMILES string of the molecule is CCOCCOC1CC(NC)C1(C)C. The molecule has 0 aliphatic heterocycles. The Hall–Kier alpha value is -0.120. The van der Waals surface area contributed by atoms with Crippen molar-refractivity contribution >= 4 is 0 Å². The number of hydrogen-bond donors (Lipinski definition) is 1. The highest BCUT2D eigenvalue weighted by Gasteiger charge is 2.47. The van der Waals surface area contributed by atoms with E-state index in [9.17, 15) is 0 Å². The molecule has 0 saturated heterocycles. The van der Waals surface area contributed by atoms with Gasteiger partial charge in [0.15, 0.2) is 0 Å². The summed E-state index contributed by atoms with van der Waals surface area (Å²) in [5.74, 6) is 0. The standard InChI is InChI=1S/C11H23NO2/c1-5-13-6-7-14-10-8-9(12-4)11(10,2)3/h9-10,12H,5-8H2,1-4H3. The van der Waals surface area contributed by atoms with E-state index >= 15 is 0 Å². The average Bonchev–Trinajstić information content (AvgIpc) is 2.15. The van der Waals surface area contributed by atoms with Crippen LogP contribution in [0.1, 0.15) is 27.2 Å². The predicted molar refractivity (Wildman–Crippen MR) is 57.5 cm³/mol. The van der Waals surface area contributed by atoms with Crippen molar-refractivity contribution < 1.29 is 9.47 Å². The third-order valence-electron chi connectivity index (χ3n) is 3.28. The molecule has 0 aromatic heterocycles. The Labute approximate surface area is 87.2 Å². The van der Waals surface area contributed by atoms with E-state index < -0.39 is 0 Å². The van der Waals surface area contributed by atoms with Crippen molar-refractivity contribution in [3.8, 4) is 0 Å². The lowest BCUT2D eigenvalue weighted by molar-refractivity contribution is -0.125. The van der Waals surface area contributed by atoms with Crippen LogP contribution >= 0.6 is 0 Å². The summed E-state index contributed by atoms with van der Waals surface area (Å²) in [7, 11) is 2.02. The van der Waals surface area contributed by atoms with E-state index in [2.05, 4.69) is 19.2 Å². The third kappa shape index (κ3) is 2.47. The smallest absolute Gasteiger partial charge is 0.0704 e. The molecule has 1 saturated carbocycles. The fourth-order valence-corrected chi connectivity index (χ4v) is 2.05. The van der Waals surface area contributed by atoms with E-state index in [0.29, 0.717) is 18.8 Å². The minimum Gasteiger partial charge on any atom is -0.379 e. The minimum absolute atomic E-state index is 0.265. The van der Waals surface area contributed by atoms with Gasteiger partial charge >= 0.3 is 0 Å². The molecule has 1 fully saturated rings. The number of rotatable bonds is 6. The fraction of sp³-hybridized carbons (Fsp3) is 1.00. The van der Waals surface area contributed by atoms with Gasteiger partial charge in [-0.25, -0.2) is 0 Å². The molecule has 2 atom stereocenters. The maximum Gasteiger partial charge on any atom is 0.0704 e. The highest BCUT2D eigenvalue weighted by Crippen LogP contribution is 2.42.